The Morgan fingerprint density at radius 1 is 1.11 bits per heavy atom. The number of nitrogen functional groups attached to an aromatic ring is 1. The number of fused-ring (bicyclic) bond motifs is 3. The monoisotopic (exact) mass is 487 g/mol. The Labute approximate surface area is 212 Å². The summed E-state index contributed by atoms with van der Waals surface area (Å²) >= 11 is 0. The van der Waals surface area contributed by atoms with Crippen molar-refractivity contribution in [1.29, 1.82) is 0 Å². The number of rotatable bonds is 8. The molecule has 1 saturated heterocycles. The molecule has 0 spiro atoms. The minimum absolute atomic E-state index is 0.355. The number of hydrogen-bond donors (Lipinski definition) is 3. The first kappa shape index (κ1) is 24.7. The van der Waals surface area contributed by atoms with Crippen LogP contribution < -0.4 is 11.1 Å². The summed E-state index contributed by atoms with van der Waals surface area (Å²) in [4.78, 5) is 9.48. The zero-order valence-electron chi connectivity index (χ0n) is 21.6. The normalized spacial score (nSPS) is 15.2. The molecule has 0 unspecified atom stereocenters. The van der Waals surface area contributed by atoms with Gasteiger partial charge in [0.25, 0.3) is 0 Å². The summed E-state index contributed by atoms with van der Waals surface area (Å²) in [6.07, 6.45) is 3.23. The van der Waals surface area contributed by atoms with Crippen LogP contribution in [0.4, 0.5) is 5.82 Å². The molecule has 1 aliphatic rings. The van der Waals surface area contributed by atoms with Crippen LogP contribution in [0.1, 0.15) is 62.0 Å². The zero-order chi connectivity index (χ0) is 25.3. The van der Waals surface area contributed by atoms with Crippen molar-refractivity contribution in [2.75, 3.05) is 25.4 Å². The van der Waals surface area contributed by atoms with Gasteiger partial charge in [0, 0.05) is 12.0 Å². The third kappa shape index (κ3) is 5.24. The lowest BCUT2D eigenvalue weighted by Crippen LogP contribution is -2.27. The highest BCUT2D eigenvalue weighted by Gasteiger charge is 2.23. The Kier molecular flexibility index (Phi) is 6.97. The second-order valence-electron chi connectivity index (χ2n) is 10.6. The Balaban J connectivity index is 1.52. The number of imidazole rings is 1. The predicted octanol–water partition coefficient (Wildman–Crippen LogP) is 4.53. The van der Waals surface area contributed by atoms with Crippen LogP contribution in [-0.2, 0) is 24.3 Å². The maximum Gasteiger partial charge on any atom is 0.152 e. The highest BCUT2D eigenvalue weighted by molar-refractivity contribution is 6.06. The molecule has 0 radical (unpaired) electrons. The molecule has 7 heteroatoms. The standard InChI is InChI=1S/C29H37N5O2/c1-4-36-17-25-33-26-27(34(25)18-29(2,3)35)23-9-8-20(16-24(23)32-28(26)30)14-19-6-5-7-22(15-19)21-10-12-31-13-11-21/h5-9,15-16,21,31,35H,4,10-14,17-18H2,1-3H3,(H2,30,32). The van der Waals surface area contributed by atoms with E-state index in [9.17, 15) is 5.11 Å². The van der Waals surface area contributed by atoms with Crippen molar-refractivity contribution < 1.29 is 9.84 Å². The summed E-state index contributed by atoms with van der Waals surface area (Å²) in [6, 6.07) is 15.4. The first-order valence-corrected chi connectivity index (χ1v) is 13.0. The van der Waals surface area contributed by atoms with Crippen molar-refractivity contribution in [3.05, 3.63) is 65.0 Å². The molecule has 0 amide bonds. The number of nitrogens with two attached hydrogens (primary N) is 1. The van der Waals surface area contributed by atoms with Crippen LogP contribution >= 0.6 is 0 Å². The van der Waals surface area contributed by atoms with Crippen LogP contribution in [0.15, 0.2) is 42.5 Å². The summed E-state index contributed by atoms with van der Waals surface area (Å²) in [7, 11) is 0. The van der Waals surface area contributed by atoms with Gasteiger partial charge in [-0.25, -0.2) is 9.97 Å². The molecule has 1 fully saturated rings. The Bertz CT molecular complexity index is 1370. The highest BCUT2D eigenvalue weighted by atomic mass is 16.5. The first-order valence-electron chi connectivity index (χ1n) is 13.0. The lowest BCUT2D eigenvalue weighted by Gasteiger charge is -2.23. The number of hydrogen-bond acceptors (Lipinski definition) is 6. The van der Waals surface area contributed by atoms with E-state index in [1.807, 2.05) is 11.5 Å². The van der Waals surface area contributed by atoms with E-state index in [1.165, 1.54) is 29.5 Å². The lowest BCUT2D eigenvalue weighted by atomic mass is 9.88. The number of aromatic nitrogens is 3. The number of pyridine rings is 1. The number of ether oxygens (including phenoxy) is 1. The predicted molar refractivity (Wildman–Crippen MR) is 145 cm³/mol. The molecular weight excluding hydrogens is 450 g/mol. The molecule has 0 saturated carbocycles. The van der Waals surface area contributed by atoms with Crippen LogP contribution in [0.3, 0.4) is 0 Å². The van der Waals surface area contributed by atoms with Crippen LogP contribution in [0, 0.1) is 0 Å². The summed E-state index contributed by atoms with van der Waals surface area (Å²) in [5.41, 5.74) is 11.8. The molecule has 0 bridgehead atoms. The fourth-order valence-corrected chi connectivity index (χ4v) is 5.32. The molecule has 36 heavy (non-hydrogen) atoms. The van der Waals surface area contributed by atoms with Crippen molar-refractivity contribution in [3.8, 4) is 0 Å². The van der Waals surface area contributed by atoms with Gasteiger partial charge in [0.1, 0.15) is 17.9 Å². The fourth-order valence-electron chi connectivity index (χ4n) is 5.32. The summed E-state index contributed by atoms with van der Waals surface area (Å²) < 4.78 is 7.70. The molecule has 2 aromatic heterocycles. The van der Waals surface area contributed by atoms with Gasteiger partial charge >= 0.3 is 0 Å². The van der Waals surface area contributed by atoms with E-state index in [0.29, 0.717) is 37.0 Å². The molecular formula is C29H37N5O2. The number of nitrogens with zero attached hydrogens (tertiary/aromatic N) is 3. The van der Waals surface area contributed by atoms with Crippen molar-refractivity contribution in [2.24, 2.45) is 0 Å². The van der Waals surface area contributed by atoms with Gasteiger partial charge in [0.05, 0.1) is 23.2 Å². The van der Waals surface area contributed by atoms with E-state index in [0.717, 1.165) is 41.8 Å². The first-order chi connectivity index (χ1) is 17.3. The average molecular weight is 488 g/mol. The second-order valence-corrected chi connectivity index (χ2v) is 10.6. The van der Waals surface area contributed by atoms with E-state index in [4.69, 9.17) is 20.4 Å². The molecule has 4 aromatic rings. The molecule has 3 heterocycles. The molecule has 1 aliphatic heterocycles. The average Bonchev–Trinajstić information content (AvgIpc) is 3.21. The molecule has 2 aromatic carbocycles. The number of anilines is 1. The highest BCUT2D eigenvalue weighted by Crippen LogP contribution is 2.32. The SMILES string of the molecule is CCOCc1nc2c(N)nc3cc(Cc4cccc(C5CCNCC5)c4)ccc3c2n1CC(C)(C)O. The van der Waals surface area contributed by atoms with Crippen molar-refractivity contribution in [2.45, 2.75) is 64.7 Å². The van der Waals surface area contributed by atoms with Gasteiger partial charge in [-0.2, -0.15) is 0 Å². The number of benzene rings is 2. The van der Waals surface area contributed by atoms with Crippen LogP contribution in [0.2, 0.25) is 0 Å². The van der Waals surface area contributed by atoms with Gasteiger partial charge in [0.2, 0.25) is 0 Å². The van der Waals surface area contributed by atoms with E-state index in [1.54, 1.807) is 13.8 Å². The van der Waals surface area contributed by atoms with Gasteiger partial charge < -0.3 is 25.5 Å². The minimum atomic E-state index is -0.918. The van der Waals surface area contributed by atoms with Crippen molar-refractivity contribution in [1.82, 2.24) is 19.9 Å². The van der Waals surface area contributed by atoms with Crippen molar-refractivity contribution in [3.63, 3.8) is 0 Å². The number of aliphatic hydroxyl groups is 1. The smallest absolute Gasteiger partial charge is 0.152 e. The molecule has 190 valence electrons. The lowest BCUT2D eigenvalue weighted by molar-refractivity contribution is 0.0582. The third-order valence-corrected chi connectivity index (χ3v) is 7.00. The number of nitrogens with one attached hydrogen (secondary N) is 1. The Morgan fingerprint density at radius 3 is 2.64 bits per heavy atom. The maximum atomic E-state index is 10.6. The molecule has 4 N–H and O–H groups in total. The van der Waals surface area contributed by atoms with Gasteiger partial charge in [0.15, 0.2) is 5.82 Å². The maximum absolute atomic E-state index is 10.6. The molecule has 0 atom stereocenters. The summed E-state index contributed by atoms with van der Waals surface area (Å²) in [5.74, 6) is 1.78. The van der Waals surface area contributed by atoms with Gasteiger partial charge in [-0.3, -0.25) is 0 Å². The Morgan fingerprint density at radius 2 is 1.89 bits per heavy atom. The minimum Gasteiger partial charge on any atom is -0.389 e. The van der Waals surface area contributed by atoms with Crippen molar-refractivity contribution >= 4 is 27.8 Å². The van der Waals surface area contributed by atoms with E-state index in [2.05, 4.69) is 47.8 Å². The quantitative estimate of drug-likeness (QED) is 0.338. The largest absolute Gasteiger partial charge is 0.389 e. The van der Waals surface area contributed by atoms with E-state index >= 15 is 0 Å². The molecule has 5 rings (SSSR count). The second kappa shape index (κ2) is 10.2. The van der Waals surface area contributed by atoms with E-state index < -0.39 is 5.60 Å². The fraction of sp³-hybridized carbons (Fsp3) is 0.448. The molecule has 0 aliphatic carbocycles. The van der Waals surface area contributed by atoms with Gasteiger partial charge in [-0.15, -0.1) is 0 Å². The summed E-state index contributed by atoms with van der Waals surface area (Å²) in [6.45, 7) is 9.07. The summed E-state index contributed by atoms with van der Waals surface area (Å²) in [5, 5.41) is 15.1. The molecule has 7 nitrogen and oxygen atoms in total. The Hall–Kier alpha value is -3.00. The number of piperidine rings is 1. The van der Waals surface area contributed by atoms with Crippen LogP contribution in [-0.4, -0.2) is 44.9 Å². The van der Waals surface area contributed by atoms with Crippen LogP contribution in [0.5, 0.6) is 0 Å². The van der Waals surface area contributed by atoms with Crippen LogP contribution in [0.25, 0.3) is 21.9 Å². The van der Waals surface area contributed by atoms with E-state index in [-0.39, 0.29) is 0 Å². The zero-order valence-corrected chi connectivity index (χ0v) is 21.6. The van der Waals surface area contributed by atoms with Gasteiger partial charge in [-0.05, 0) is 81.8 Å². The third-order valence-electron chi connectivity index (χ3n) is 7.00. The van der Waals surface area contributed by atoms with Gasteiger partial charge in [-0.1, -0.05) is 36.4 Å². The topological polar surface area (TPSA) is 98.2 Å².